The van der Waals surface area contributed by atoms with Gasteiger partial charge in [0.25, 0.3) is 0 Å². The van der Waals surface area contributed by atoms with Crippen LogP contribution in [-0.4, -0.2) is 179 Å². The molecule has 4 saturated heterocycles. The number of nitrogens with one attached hydrogen (secondary N) is 4. The van der Waals surface area contributed by atoms with E-state index in [9.17, 15) is 42.2 Å². The summed E-state index contributed by atoms with van der Waals surface area (Å²) in [5.41, 5.74) is 4.90. The number of benzene rings is 3. The third-order valence-corrected chi connectivity index (χ3v) is 19.2. The number of rotatable bonds is 18. The molecule has 1 unspecified atom stereocenters. The summed E-state index contributed by atoms with van der Waals surface area (Å²) >= 11 is 1.57. The molecule has 19 nitrogen and oxygen atoms in total. The number of β-amino-alcohol motifs (C(OH)–C–C–N with tert-alkyl or cyclic N) is 1. The first kappa shape index (κ1) is 60.3. The number of thiazole rings is 1. The quantitative estimate of drug-likeness (QED) is 0.0510. The molecule has 4 fully saturated rings. The minimum Gasteiger partial charge on any atom is -0.395 e. The Morgan fingerprint density at radius 2 is 1.61 bits per heavy atom. The third kappa shape index (κ3) is 13.2. The second-order valence-electron chi connectivity index (χ2n) is 23.7. The number of ketones is 1. The predicted molar refractivity (Wildman–Crippen MR) is 315 cm³/mol. The maximum absolute atomic E-state index is 15.9. The van der Waals surface area contributed by atoms with Crippen molar-refractivity contribution >= 4 is 67.5 Å². The zero-order chi connectivity index (χ0) is 59.8. The molecule has 0 saturated carbocycles. The number of aromatic nitrogens is 3. The van der Waals surface area contributed by atoms with E-state index >= 15 is 8.78 Å². The van der Waals surface area contributed by atoms with Crippen molar-refractivity contribution in [1.29, 1.82) is 0 Å². The Kier molecular flexibility index (Phi) is 18.0. The van der Waals surface area contributed by atoms with Crippen LogP contribution in [0.4, 0.5) is 24.5 Å². The molecule has 0 spiro atoms. The standard InChI is InChI=1S/C60H72F3N11O8S2/c1-35(38-6-8-40(9-7-38)55-36(2)66-34-83-55)67-58(79)50-25-45(76)31-74(50)59(80)56(60(3,4)5)68-51(77)32-70-19-16-37(17-20-70)28-71-22-23-72(30-44(71)33-75)43-12-10-39(11-13-43)41-24-46-47(27-65-57(46)64-26-41)54(78)52-48(62)14-15-49(53(52)63)69-84(81,82)73-21-18-42(61)29-73/h6-15,24,26-27,34-35,37,42,44-45,50,56,69,75-76H,16-23,25,28-33H2,1-5H3,(H,64,65)(H,67,79)(H,68,77)/t35-,42+,44-,45+,50-,56?/m0/s1. The van der Waals surface area contributed by atoms with Crippen molar-refractivity contribution in [2.45, 2.75) is 96.7 Å². The Morgan fingerprint density at radius 3 is 2.27 bits per heavy atom. The molecule has 84 heavy (non-hydrogen) atoms. The van der Waals surface area contributed by atoms with Crippen LogP contribution in [-0.2, 0) is 24.6 Å². The molecule has 3 aromatic carbocycles. The molecule has 3 amide bonds. The molecule has 4 aliphatic rings. The van der Waals surface area contributed by atoms with Gasteiger partial charge in [0.15, 0.2) is 5.82 Å². The van der Waals surface area contributed by atoms with Gasteiger partial charge in [-0.05, 0) is 105 Å². The monoisotopic (exact) mass is 1200 g/mol. The SMILES string of the molecule is Cc1ncsc1-c1ccc([C@H](C)NC(=O)[C@@H]2C[C@@H](O)CN2C(=O)C(NC(=O)CN2CCC(CN3CCN(c4ccc(-c5cnc6[nH]cc(C(=O)c7c(F)ccc(NS(=O)(=O)N8CC[C@@H](F)C8)c7F)c6c5)cc4)C[C@H]3CO)CC2)C(C)(C)C)cc1. The number of fused-ring (bicyclic) bond motifs is 1. The number of aliphatic hydroxyl groups is 2. The van der Waals surface area contributed by atoms with Gasteiger partial charge >= 0.3 is 10.2 Å². The molecule has 0 aliphatic carbocycles. The number of H-pyrrole nitrogens is 1. The molecule has 3 aromatic heterocycles. The fourth-order valence-electron chi connectivity index (χ4n) is 11.9. The molecule has 24 heteroatoms. The molecule has 4 aliphatic heterocycles. The average Bonchev–Trinajstić information content (AvgIpc) is 3.44. The first-order valence-corrected chi connectivity index (χ1v) is 30.8. The van der Waals surface area contributed by atoms with Crippen LogP contribution in [0, 0.1) is 29.9 Å². The summed E-state index contributed by atoms with van der Waals surface area (Å²) in [6, 6.07) is 16.7. The van der Waals surface area contributed by atoms with E-state index in [4.69, 9.17) is 0 Å². The number of carbonyl (C=O) groups excluding carboxylic acids is 4. The van der Waals surface area contributed by atoms with E-state index in [1.807, 2.05) is 93.4 Å². The summed E-state index contributed by atoms with van der Waals surface area (Å²) in [5.74, 6) is -4.38. The van der Waals surface area contributed by atoms with E-state index in [0.29, 0.717) is 55.2 Å². The van der Waals surface area contributed by atoms with Crippen LogP contribution in [0.1, 0.15) is 86.6 Å². The summed E-state index contributed by atoms with van der Waals surface area (Å²) in [6.07, 6.45) is 2.40. The van der Waals surface area contributed by atoms with Crippen molar-refractivity contribution in [2.75, 3.05) is 81.7 Å². The number of nitrogens with zero attached hydrogens (tertiary/aromatic N) is 7. The molecule has 6 aromatic rings. The Labute approximate surface area is 490 Å². The highest BCUT2D eigenvalue weighted by atomic mass is 32.2. The maximum Gasteiger partial charge on any atom is 0.301 e. The first-order valence-electron chi connectivity index (χ1n) is 28.5. The average molecular weight is 1200 g/mol. The maximum atomic E-state index is 15.9. The number of hydrogen-bond acceptors (Lipinski definition) is 14. The van der Waals surface area contributed by atoms with E-state index in [0.717, 1.165) is 68.8 Å². The van der Waals surface area contributed by atoms with Crippen LogP contribution in [0.2, 0.25) is 0 Å². The number of aliphatic hydroxyl groups excluding tert-OH is 2. The van der Waals surface area contributed by atoms with Crippen LogP contribution in [0.5, 0.6) is 0 Å². The van der Waals surface area contributed by atoms with Crippen LogP contribution < -0.4 is 20.3 Å². The van der Waals surface area contributed by atoms with E-state index in [-0.39, 0.29) is 68.5 Å². The van der Waals surface area contributed by atoms with Crippen molar-refractivity contribution < 1.29 is 51.0 Å². The number of likely N-dealkylation sites (tertiary alicyclic amines) is 2. The lowest BCUT2D eigenvalue weighted by Gasteiger charge is -2.44. The predicted octanol–water partition coefficient (Wildman–Crippen LogP) is 6.44. The minimum atomic E-state index is -4.39. The van der Waals surface area contributed by atoms with Crippen molar-refractivity contribution in [3.63, 3.8) is 0 Å². The highest BCUT2D eigenvalue weighted by Crippen LogP contribution is 2.34. The smallest absolute Gasteiger partial charge is 0.301 e. The highest BCUT2D eigenvalue weighted by Gasteiger charge is 2.45. The van der Waals surface area contributed by atoms with Gasteiger partial charge in [0.2, 0.25) is 23.5 Å². The van der Waals surface area contributed by atoms with E-state index < -0.39 is 81.1 Å². The lowest BCUT2D eigenvalue weighted by molar-refractivity contribution is -0.144. The lowest BCUT2D eigenvalue weighted by Crippen LogP contribution is -2.59. The van der Waals surface area contributed by atoms with Crippen LogP contribution in [0.3, 0.4) is 0 Å². The number of carbonyl (C=O) groups is 4. The molecule has 10 rings (SSSR count). The van der Waals surface area contributed by atoms with Crippen LogP contribution >= 0.6 is 11.3 Å². The zero-order valence-corrected chi connectivity index (χ0v) is 49.3. The summed E-state index contributed by atoms with van der Waals surface area (Å²) in [5, 5.41) is 27.8. The van der Waals surface area contributed by atoms with Gasteiger partial charge in [-0.2, -0.15) is 12.7 Å². The number of halogens is 3. The molecule has 7 heterocycles. The summed E-state index contributed by atoms with van der Waals surface area (Å²) < 4.78 is 73.5. The number of aromatic amines is 1. The van der Waals surface area contributed by atoms with Crippen LogP contribution in [0.15, 0.2) is 84.6 Å². The van der Waals surface area contributed by atoms with Crippen molar-refractivity contribution in [3.05, 3.63) is 119 Å². The molecule has 6 atom stereocenters. The summed E-state index contributed by atoms with van der Waals surface area (Å²) in [6.45, 7) is 13.1. The number of piperidine rings is 1. The highest BCUT2D eigenvalue weighted by molar-refractivity contribution is 7.90. The Balaban J connectivity index is 0.701. The second-order valence-corrected chi connectivity index (χ2v) is 26.2. The Bertz CT molecular complexity index is 3500. The van der Waals surface area contributed by atoms with E-state index in [1.54, 1.807) is 23.6 Å². The first-order chi connectivity index (χ1) is 40.0. The van der Waals surface area contributed by atoms with Crippen molar-refractivity contribution in [3.8, 4) is 21.6 Å². The molecule has 0 radical (unpaired) electrons. The van der Waals surface area contributed by atoms with Crippen molar-refractivity contribution in [1.82, 2.24) is 44.6 Å². The fraction of sp³-hybridized carbons (Fsp3) is 0.467. The number of amides is 3. The van der Waals surface area contributed by atoms with Crippen LogP contribution in [0.25, 0.3) is 32.6 Å². The molecular formula is C60H72F3N11O8S2. The normalized spacial score (nSPS) is 21.2. The number of piperazine rings is 1. The number of anilines is 2. The largest absolute Gasteiger partial charge is 0.395 e. The van der Waals surface area contributed by atoms with E-state index in [1.165, 1.54) is 11.1 Å². The minimum absolute atomic E-state index is 0.0143. The molecule has 448 valence electrons. The summed E-state index contributed by atoms with van der Waals surface area (Å²) in [4.78, 5) is 76.6. The van der Waals surface area contributed by atoms with Gasteiger partial charge in [0, 0.05) is 86.8 Å². The summed E-state index contributed by atoms with van der Waals surface area (Å²) in [7, 11) is -4.39. The molecule has 0 bridgehead atoms. The second kappa shape index (κ2) is 25.0. The van der Waals surface area contributed by atoms with Gasteiger partial charge in [0.1, 0.15) is 29.7 Å². The van der Waals surface area contributed by atoms with Gasteiger partial charge < -0.3 is 35.6 Å². The number of hydrogen-bond donors (Lipinski definition) is 6. The fourth-order valence-corrected chi connectivity index (χ4v) is 14.0. The molecular weight excluding hydrogens is 1120 g/mol. The number of pyridine rings is 1. The Morgan fingerprint density at radius 1 is 0.881 bits per heavy atom. The van der Waals surface area contributed by atoms with Gasteiger partial charge in [-0.3, -0.25) is 33.7 Å². The molecule has 6 N–H and O–H groups in total. The Hall–Kier alpha value is -6.80. The number of aryl methyl sites for hydroxylation is 1. The van der Waals surface area contributed by atoms with Gasteiger partial charge in [0.05, 0.1) is 58.7 Å². The van der Waals surface area contributed by atoms with E-state index in [2.05, 4.69) is 40.3 Å². The van der Waals surface area contributed by atoms with Gasteiger partial charge in [-0.1, -0.05) is 57.2 Å². The van der Waals surface area contributed by atoms with Crippen molar-refractivity contribution in [2.24, 2.45) is 11.3 Å². The van der Waals surface area contributed by atoms with Gasteiger partial charge in [-0.15, -0.1) is 11.3 Å². The van der Waals surface area contributed by atoms with Gasteiger partial charge in [-0.25, -0.2) is 23.1 Å². The zero-order valence-electron chi connectivity index (χ0n) is 47.7. The topological polar surface area (TPSA) is 237 Å². The number of alkyl halides is 1. The third-order valence-electron chi connectivity index (χ3n) is 16.8. The lowest BCUT2D eigenvalue weighted by atomic mass is 9.85.